The molecule has 5 nitrogen and oxygen atoms in total. The van der Waals surface area contributed by atoms with Crippen molar-refractivity contribution < 1.29 is 32.2 Å². The number of rotatable bonds is 3. The average molecular weight is 269 g/mol. The van der Waals surface area contributed by atoms with E-state index in [2.05, 4.69) is 4.74 Å². The predicted molar refractivity (Wildman–Crippen MR) is 53.6 cm³/mol. The zero-order valence-corrected chi connectivity index (χ0v) is 9.83. The number of carbonyl (C=O) groups is 2. The minimum Gasteiger partial charge on any atom is -0.467 e. The Bertz CT molecular complexity index is 319. The third-order valence-electron chi connectivity index (χ3n) is 2.51. The molecule has 1 unspecified atom stereocenters. The number of nitrogens with zero attached hydrogens (tertiary/aromatic N) is 1. The Morgan fingerprint density at radius 2 is 2.11 bits per heavy atom. The minimum absolute atomic E-state index is 0.0661. The first-order valence-electron chi connectivity index (χ1n) is 5.37. The zero-order valence-electron chi connectivity index (χ0n) is 9.83. The van der Waals surface area contributed by atoms with Crippen LogP contribution in [-0.4, -0.2) is 55.9 Å². The number of methoxy groups -OCH3 is 1. The van der Waals surface area contributed by atoms with Crippen LogP contribution >= 0.6 is 0 Å². The second-order valence-electron chi connectivity index (χ2n) is 3.84. The molecule has 104 valence electrons. The second kappa shape index (κ2) is 6.03. The van der Waals surface area contributed by atoms with Crippen molar-refractivity contribution in [1.29, 1.82) is 0 Å². The molecule has 1 heterocycles. The number of morpholine rings is 1. The van der Waals surface area contributed by atoms with Gasteiger partial charge in [-0.3, -0.25) is 4.79 Å². The van der Waals surface area contributed by atoms with Crippen molar-refractivity contribution in [2.24, 2.45) is 0 Å². The summed E-state index contributed by atoms with van der Waals surface area (Å²) in [6.45, 7) is 0.227. The summed E-state index contributed by atoms with van der Waals surface area (Å²) in [7, 11) is 1.18. The number of hydrogen-bond acceptors (Lipinski definition) is 4. The Morgan fingerprint density at radius 1 is 1.44 bits per heavy atom. The summed E-state index contributed by atoms with van der Waals surface area (Å²) in [4.78, 5) is 23.9. The summed E-state index contributed by atoms with van der Waals surface area (Å²) in [6, 6.07) is 0. The molecule has 0 bridgehead atoms. The molecule has 0 radical (unpaired) electrons. The maximum Gasteiger partial charge on any atom is 0.389 e. The van der Waals surface area contributed by atoms with E-state index in [0.717, 1.165) is 0 Å². The molecule has 1 rings (SSSR count). The summed E-state index contributed by atoms with van der Waals surface area (Å²) >= 11 is 0. The molecule has 0 saturated carbocycles. The largest absolute Gasteiger partial charge is 0.467 e. The SMILES string of the molecule is COC(=O)C1CN(C(=O)CCC(F)(F)F)CCO1. The monoisotopic (exact) mass is 269 g/mol. The van der Waals surface area contributed by atoms with Gasteiger partial charge in [-0.15, -0.1) is 0 Å². The third-order valence-corrected chi connectivity index (χ3v) is 2.51. The molecule has 0 aromatic carbocycles. The van der Waals surface area contributed by atoms with Crippen LogP contribution < -0.4 is 0 Å². The molecule has 1 saturated heterocycles. The van der Waals surface area contributed by atoms with E-state index in [1.54, 1.807) is 0 Å². The van der Waals surface area contributed by atoms with E-state index >= 15 is 0 Å². The van der Waals surface area contributed by atoms with Crippen LogP contribution in [0.15, 0.2) is 0 Å². The molecule has 0 N–H and O–H groups in total. The van der Waals surface area contributed by atoms with Gasteiger partial charge in [-0.05, 0) is 0 Å². The third kappa shape index (κ3) is 4.52. The Morgan fingerprint density at radius 3 is 2.67 bits per heavy atom. The topological polar surface area (TPSA) is 55.8 Å². The van der Waals surface area contributed by atoms with Crippen LogP contribution in [0, 0.1) is 0 Å². The molecule has 1 aliphatic rings. The van der Waals surface area contributed by atoms with Gasteiger partial charge in [0.15, 0.2) is 6.10 Å². The van der Waals surface area contributed by atoms with Crippen LogP contribution in [-0.2, 0) is 19.1 Å². The first-order chi connectivity index (χ1) is 8.33. The number of alkyl halides is 3. The molecular weight excluding hydrogens is 255 g/mol. The first kappa shape index (κ1) is 14.7. The van der Waals surface area contributed by atoms with Gasteiger partial charge in [-0.1, -0.05) is 0 Å². The molecule has 0 aromatic rings. The lowest BCUT2D eigenvalue weighted by Gasteiger charge is -2.31. The summed E-state index contributed by atoms with van der Waals surface area (Å²) in [5, 5.41) is 0. The zero-order chi connectivity index (χ0) is 13.8. The van der Waals surface area contributed by atoms with Gasteiger partial charge >= 0.3 is 12.1 Å². The number of halogens is 3. The van der Waals surface area contributed by atoms with E-state index in [9.17, 15) is 22.8 Å². The van der Waals surface area contributed by atoms with Gasteiger partial charge in [0, 0.05) is 13.0 Å². The number of amides is 1. The molecule has 18 heavy (non-hydrogen) atoms. The van der Waals surface area contributed by atoms with Crippen LogP contribution in [0.3, 0.4) is 0 Å². The highest BCUT2D eigenvalue weighted by Crippen LogP contribution is 2.22. The fraction of sp³-hybridized carbons (Fsp3) is 0.800. The van der Waals surface area contributed by atoms with Gasteiger partial charge in [0.05, 0.1) is 26.7 Å². The lowest BCUT2D eigenvalue weighted by atomic mass is 10.2. The summed E-state index contributed by atoms with van der Waals surface area (Å²) in [5.41, 5.74) is 0. The molecule has 0 aromatic heterocycles. The van der Waals surface area contributed by atoms with Crippen molar-refractivity contribution in [3.63, 3.8) is 0 Å². The molecular formula is C10H14F3NO4. The Hall–Kier alpha value is -1.31. The molecule has 0 aliphatic carbocycles. The maximum absolute atomic E-state index is 12.0. The molecule has 0 spiro atoms. The number of carbonyl (C=O) groups excluding carboxylic acids is 2. The number of ether oxygens (including phenoxy) is 2. The van der Waals surface area contributed by atoms with Gasteiger partial charge < -0.3 is 14.4 Å². The minimum atomic E-state index is -4.36. The molecule has 1 fully saturated rings. The van der Waals surface area contributed by atoms with Crippen LogP contribution in [0.25, 0.3) is 0 Å². The number of hydrogen-bond donors (Lipinski definition) is 0. The summed E-state index contributed by atoms with van der Waals surface area (Å²) in [5.74, 6) is -1.27. The van der Waals surface area contributed by atoms with E-state index < -0.39 is 37.0 Å². The van der Waals surface area contributed by atoms with Crippen LogP contribution in [0.4, 0.5) is 13.2 Å². The summed E-state index contributed by atoms with van der Waals surface area (Å²) in [6.07, 6.45) is -7.05. The lowest BCUT2D eigenvalue weighted by Crippen LogP contribution is -2.49. The van der Waals surface area contributed by atoms with Crippen LogP contribution in [0.5, 0.6) is 0 Å². The van der Waals surface area contributed by atoms with E-state index in [0.29, 0.717) is 0 Å². The standard InChI is InChI=1S/C10H14F3NO4/c1-17-9(16)7-6-14(4-5-18-7)8(15)2-3-10(11,12)13/h7H,2-6H2,1H3. The smallest absolute Gasteiger partial charge is 0.389 e. The van der Waals surface area contributed by atoms with Crippen molar-refractivity contribution in [2.45, 2.75) is 25.1 Å². The van der Waals surface area contributed by atoms with Gasteiger partial charge in [0.2, 0.25) is 5.91 Å². The highest BCUT2D eigenvalue weighted by Gasteiger charge is 2.33. The van der Waals surface area contributed by atoms with E-state index in [1.165, 1.54) is 12.0 Å². The van der Waals surface area contributed by atoms with Crippen molar-refractivity contribution in [1.82, 2.24) is 4.90 Å². The van der Waals surface area contributed by atoms with Gasteiger partial charge in [-0.2, -0.15) is 13.2 Å². The first-order valence-corrected chi connectivity index (χ1v) is 5.37. The van der Waals surface area contributed by atoms with Crippen LogP contribution in [0.2, 0.25) is 0 Å². The molecule has 1 amide bonds. The highest BCUT2D eigenvalue weighted by molar-refractivity contribution is 5.79. The lowest BCUT2D eigenvalue weighted by molar-refractivity contribution is -0.165. The van der Waals surface area contributed by atoms with Crippen LogP contribution in [0.1, 0.15) is 12.8 Å². The molecule has 8 heteroatoms. The van der Waals surface area contributed by atoms with E-state index in [-0.39, 0.29) is 19.7 Å². The quantitative estimate of drug-likeness (QED) is 0.709. The Kier molecular flexibility index (Phi) is 4.94. The normalized spacial score (nSPS) is 20.7. The van der Waals surface area contributed by atoms with Crippen molar-refractivity contribution in [2.75, 3.05) is 26.8 Å². The average Bonchev–Trinajstić information content (AvgIpc) is 2.34. The second-order valence-corrected chi connectivity index (χ2v) is 3.84. The van der Waals surface area contributed by atoms with Crippen molar-refractivity contribution in [3.05, 3.63) is 0 Å². The van der Waals surface area contributed by atoms with Crippen molar-refractivity contribution in [3.8, 4) is 0 Å². The summed E-state index contributed by atoms with van der Waals surface area (Å²) < 4.78 is 45.4. The number of esters is 1. The predicted octanol–water partition coefficient (Wildman–Crippen LogP) is 0.729. The molecule has 1 aliphatic heterocycles. The Balaban J connectivity index is 2.46. The van der Waals surface area contributed by atoms with Crippen molar-refractivity contribution >= 4 is 11.9 Å². The van der Waals surface area contributed by atoms with Gasteiger partial charge in [-0.25, -0.2) is 4.79 Å². The molecule has 1 atom stereocenters. The van der Waals surface area contributed by atoms with Gasteiger partial charge in [0.1, 0.15) is 0 Å². The highest BCUT2D eigenvalue weighted by atomic mass is 19.4. The van der Waals surface area contributed by atoms with Gasteiger partial charge in [0.25, 0.3) is 0 Å². The fourth-order valence-electron chi connectivity index (χ4n) is 1.56. The Labute approximate surface area is 102 Å². The maximum atomic E-state index is 12.0. The fourth-order valence-corrected chi connectivity index (χ4v) is 1.56. The van der Waals surface area contributed by atoms with E-state index in [1.807, 2.05) is 0 Å². The van der Waals surface area contributed by atoms with E-state index in [4.69, 9.17) is 4.74 Å².